The summed E-state index contributed by atoms with van der Waals surface area (Å²) in [5.41, 5.74) is 5.68. The van der Waals surface area contributed by atoms with Crippen molar-refractivity contribution in [2.24, 2.45) is 5.92 Å². The van der Waals surface area contributed by atoms with Crippen LogP contribution in [0.2, 0.25) is 0 Å². The van der Waals surface area contributed by atoms with Gasteiger partial charge in [0.05, 0.1) is 13.4 Å². The number of methoxy groups -OCH3 is 1. The van der Waals surface area contributed by atoms with E-state index >= 15 is 0 Å². The maximum atomic E-state index is 12.8. The van der Waals surface area contributed by atoms with Gasteiger partial charge in [-0.2, -0.15) is 0 Å². The molecule has 0 bridgehead atoms. The number of carbonyl (C=O) groups excluding carboxylic acids is 1. The molecule has 1 saturated carbocycles. The summed E-state index contributed by atoms with van der Waals surface area (Å²) in [7, 11) is 1.66. The van der Waals surface area contributed by atoms with Crippen molar-refractivity contribution in [1.29, 1.82) is 0 Å². The van der Waals surface area contributed by atoms with Crippen molar-refractivity contribution in [3.63, 3.8) is 0 Å². The molecular formula is C27H31NO3. The summed E-state index contributed by atoms with van der Waals surface area (Å²) in [6, 6.07) is 12.5. The third-order valence-electron chi connectivity index (χ3n) is 6.54. The van der Waals surface area contributed by atoms with E-state index in [9.17, 15) is 4.79 Å². The van der Waals surface area contributed by atoms with Crippen molar-refractivity contribution in [1.82, 2.24) is 5.32 Å². The lowest BCUT2D eigenvalue weighted by atomic mass is 9.86. The second-order valence-electron chi connectivity index (χ2n) is 8.68. The Kier molecular flexibility index (Phi) is 6.17. The molecule has 1 aliphatic rings. The average molecular weight is 418 g/mol. The minimum Gasteiger partial charge on any atom is -0.496 e. The van der Waals surface area contributed by atoms with Gasteiger partial charge in [0.15, 0.2) is 0 Å². The fourth-order valence-corrected chi connectivity index (χ4v) is 4.74. The molecule has 0 spiro atoms. The predicted molar refractivity (Wildman–Crippen MR) is 126 cm³/mol. The normalized spacial score (nSPS) is 19.4. The summed E-state index contributed by atoms with van der Waals surface area (Å²) < 4.78 is 11.7. The van der Waals surface area contributed by atoms with Crippen LogP contribution in [0.3, 0.4) is 0 Å². The predicted octanol–water partition coefficient (Wildman–Crippen LogP) is 6.52. The molecule has 1 aromatic heterocycles. The molecule has 2 unspecified atom stereocenters. The molecule has 2 atom stereocenters. The highest BCUT2D eigenvalue weighted by molar-refractivity contribution is 6.01. The number of nitrogens with one attached hydrogen (secondary N) is 1. The lowest BCUT2D eigenvalue weighted by molar-refractivity contribution is -0.117. The molecule has 162 valence electrons. The third kappa shape index (κ3) is 4.25. The van der Waals surface area contributed by atoms with Gasteiger partial charge < -0.3 is 14.5 Å². The van der Waals surface area contributed by atoms with Gasteiger partial charge in [-0.15, -0.1) is 0 Å². The Labute approximate surface area is 184 Å². The van der Waals surface area contributed by atoms with Crippen LogP contribution in [-0.4, -0.2) is 19.1 Å². The van der Waals surface area contributed by atoms with Crippen LogP contribution < -0.4 is 10.1 Å². The molecule has 1 amide bonds. The first kappa shape index (κ1) is 21.2. The van der Waals surface area contributed by atoms with Crippen molar-refractivity contribution < 1.29 is 13.9 Å². The molecular weight excluding hydrogens is 386 g/mol. The Bertz CT molecular complexity index is 1110. The Morgan fingerprint density at radius 2 is 1.94 bits per heavy atom. The molecule has 4 heteroatoms. The number of allylic oxidation sites excluding steroid dienone is 1. The number of hydrogen-bond donors (Lipinski definition) is 1. The van der Waals surface area contributed by atoms with Crippen molar-refractivity contribution in [2.75, 3.05) is 7.11 Å². The summed E-state index contributed by atoms with van der Waals surface area (Å²) in [4.78, 5) is 12.8. The number of rotatable bonds is 5. The monoisotopic (exact) mass is 417 g/mol. The second kappa shape index (κ2) is 9.01. The van der Waals surface area contributed by atoms with Gasteiger partial charge in [-0.05, 0) is 49.8 Å². The Balaban J connectivity index is 1.71. The van der Waals surface area contributed by atoms with Crippen LogP contribution in [0, 0.1) is 12.8 Å². The average Bonchev–Trinajstić information content (AvgIpc) is 3.20. The van der Waals surface area contributed by atoms with Crippen LogP contribution >= 0.6 is 0 Å². The van der Waals surface area contributed by atoms with Gasteiger partial charge in [-0.1, -0.05) is 50.1 Å². The highest BCUT2D eigenvalue weighted by Gasteiger charge is 2.23. The van der Waals surface area contributed by atoms with Crippen molar-refractivity contribution in [2.45, 2.75) is 52.5 Å². The van der Waals surface area contributed by atoms with E-state index in [0.717, 1.165) is 51.0 Å². The molecule has 1 N–H and O–H groups in total. The number of ether oxygens (including phenoxy) is 1. The maximum absolute atomic E-state index is 12.8. The highest BCUT2D eigenvalue weighted by atomic mass is 16.5. The molecule has 31 heavy (non-hydrogen) atoms. The summed E-state index contributed by atoms with van der Waals surface area (Å²) in [5, 5.41) is 4.24. The van der Waals surface area contributed by atoms with E-state index in [-0.39, 0.29) is 11.9 Å². The standard InChI is InChI=1S/C27H31NO3/c1-17-10-8-9-13-24(17)28-25(29)14-18(2)21-15-22-23(20-11-6-5-7-12-20)16-31-27(22)19(3)26(21)30-4/h5-7,11-12,14-17,24H,8-10,13H2,1-4H3,(H,28,29)/b18-14+. The molecule has 4 rings (SSSR count). The van der Waals surface area contributed by atoms with E-state index in [4.69, 9.17) is 9.15 Å². The van der Waals surface area contributed by atoms with Crippen LogP contribution in [-0.2, 0) is 4.79 Å². The van der Waals surface area contributed by atoms with E-state index in [1.54, 1.807) is 19.4 Å². The molecule has 1 fully saturated rings. The molecule has 3 aromatic rings. The molecule has 1 aliphatic carbocycles. The van der Waals surface area contributed by atoms with E-state index in [2.05, 4.69) is 30.4 Å². The molecule has 4 nitrogen and oxygen atoms in total. The van der Waals surface area contributed by atoms with Gasteiger partial charge in [-0.3, -0.25) is 4.79 Å². The van der Waals surface area contributed by atoms with E-state index in [1.165, 1.54) is 19.3 Å². The fraction of sp³-hybridized carbons (Fsp3) is 0.370. The zero-order valence-electron chi connectivity index (χ0n) is 18.8. The minimum atomic E-state index is -0.0356. The van der Waals surface area contributed by atoms with Gasteiger partial charge in [0.25, 0.3) is 0 Å². The van der Waals surface area contributed by atoms with Gasteiger partial charge in [-0.25, -0.2) is 0 Å². The van der Waals surface area contributed by atoms with E-state index < -0.39 is 0 Å². The number of hydrogen-bond acceptors (Lipinski definition) is 3. The molecule has 0 aliphatic heterocycles. The number of furan rings is 1. The smallest absolute Gasteiger partial charge is 0.244 e. The van der Waals surface area contributed by atoms with Crippen LogP contribution in [0.15, 0.2) is 53.2 Å². The molecule has 1 heterocycles. The summed E-state index contributed by atoms with van der Waals surface area (Å²) in [5.74, 6) is 1.24. The first-order valence-corrected chi connectivity index (χ1v) is 11.1. The Morgan fingerprint density at radius 3 is 2.65 bits per heavy atom. The second-order valence-corrected chi connectivity index (χ2v) is 8.68. The maximum Gasteiger partial charge on any atom is 0.244 e. The summed E-state index contributed by atoms with van der Waals surface area (Å²) in [6.07, 6.45) is 8.18. The van der Waals surface area contributed by atoms with Crippen LogP contribution in [0.5, 0.6) is 5.75 Å². The Hall–Kier alpha value is -3.01. The van der Waals surface area contributed by atoms with Crippen molar-refractivity contribution >= 4 is 22.4 Å². The number of amides is 1. The van der Waals surface area contributed by atoms with Gasteiger partial charge in [0.1, 0.15) is 11.3 Å². The first-order chi connectivity index (χ1) is 15.0. The Morgan fingerprint density at radius 1 is 1.19 bits per heavy atom. The number of fused-ring (bicyclic) bond motifs is 1. The molecule has 0 saturated heterocycles. The fourth-order valence-electron chi connectivity index (χ4n) is 4.74. The summed E-state index contributed by atoms with van der Waals surface area (Å²) in [6.45, 7) is 6.19. The highest BCUT2D eigenvalue weighted by Crippen LogP contribution is 2.40. The largest absolute Gasteiger partial charge is 0.496 e. The first-order valence-electron chi connectivity index (χ1n) is 11.1. The van der Waals surface area contributed by atoms with Crippen LogP contribution in [0.4, 0.5) is 0 Å². The lowest BCUT2D eigenvalue weighted by Gasteiger charge is -2.29. The zero-order valence-corrected chi connectivity index (χ0v) is 18.8. The number of aryl methyl sites for hydroxylation is 1. The molecule has 2 aromatic carbocycles. The van der Waals surface area contributed by atoms with Crippen molar-refractivity contribution in [3.8, 4) is 16.9 Å². The molecule has 0 radical (unpaired) electrons. The zero-order chi connectivity index (χ0) is 22.0. The quantitative estimate of drug-likeness (QED) is 0.481. The van der Waals surface area contributed by atoms with Crippen LogP contribution in [0.1, 0.15) is 50.7 Å². The van der Waals surface area contributed by atoms with Gasteiger partial charge in [0.2, 0.25) is 5.91 Å². The van der Waals surface area contributed by atoms with Crippen LogP contribution in [0.25, 0.3) is 27.7 Å². The lowest BCUT2D eigenvalue weighted by Crippen LogP contribution is -2.40. The van der Waals surface area contributed by atoms with E-state index in [0.29, 0.717) is 5.92 Å². The number of carbonyl (C=O) groups is 1. The van der Waals surface area contributed by atoms with E-state index in [1.807, 2.05) is 32.0 Å². The third-order valence-corrected chi connectivity index (χ3v) is 6.54. The van der Waals surface area contributed by atoms with Gasteiger partial charge in [0, 0.05) is 34.2 Å². The van der Waals surface area contributed by atoms with Crippen molar-refractivity contribution in [3.05, 3.63) is 59.9 Å². The SMILES string of the molecule is COc1c(/C(C)=C/C(=O)NC2CCCCC2C)cc2c(-c3ccccc3)coc2c1C. The van der Waals surface area contributed by atoms with Gasteiger partial charge >= 0.3 is 0 Å². The summed E-state index contributed by atoms with van der Waals surface area (Å²) >= 11 is 0. The topological polar surface area (TPSA) is 51.5 Å². The minimum absolute atomic E-state index is 0.0356. The number of benzene rings is 2.